The number of thioether (sulfide) groups is 1. The molecule has 0 spiro atoms. The zero-order chi connectivity index (χ0) is 24.5. The van der Waals surface area contributed by atoms with Crippen molar-refractivity contribution in [3.05, 3.63) is 104 Å². The van der Waals surface area contributed by atoms with Crippen LogP contribution in [0.15, 0.2) is 72.0 Å². The molecule has 1 aliphatic rings. The molecule has 0 unspecified atom stereocenters. The molecule has 0 radical (unpaired) electrons. The van der Waals surface area contributed by atoms with E-state index >= 15 is 0 Å². The molecule has 0 bridgehead atoms. The summed E-state index contributed by atoms with van der Waals surface area (Å²) >= 11 is 19.5. The van der Waals surface area contributed by atoms with Crippen LogP contribution in [0.1, 0.15) is 29.2 Å². The van der Waals surface area contributed by atoms with E-state index in [0.717, 1.165) is 34.0 Å². The zero-order valence-corrected chi connectivity index (χ0v) is 22.0. The quantitative estimate of drug-likeness (QED) is 0.190. The maximum absolute atomic E-state index is 13.3. The first kappa shape index (κ1) is 24.1. The molecule has 2 aromatic heterocycles. The summed E-state index contributed by atoms with van der Waals surface area (Å²) in [7, 11) is 0. The topological polar surface area (TPSA) is 38.1 Å². The SMILES string of the molecule is CCc1cccc2c(/C=C3\SC(=S)N(Cc4cccnc4)C3=O)cn(Cc3ccc(Cl)cc3Cl)c12. The average molecular weight is 539 g/mol. The smallest absolute Gasteiger partial charge is 0.266 e. The summed E-state index contributed by atoms with van der Waals surface area (Å²) in [6, 6.07) is 15.7. The van der Waals surface area contributed by atoms with Gasteiger partial charge in [0.15, 0.2) is 0 Å². The van der Waals surface area contributed by atoms with Gasteiger partial charge in [0.2, 0.25) is 0 Å². The van der Waals surface area contributed by atoms with E-state index in [-0.39, 0.29) is 5.91 Å². The Bertz CT molecular complexity index is 1480. The molecule has 0 saturated carbocycles. The fourth-order valence-electron chi connectivity index (χ4n) is 4.28. The summed E-state index contributed by atoms with van der Waals surface area (Å²) in [5.74, 6) is -0.0860. The van der Waals surface area contributed by atoms with Crippen molar-refractivity contribution < 1.29 is 4.79 Å². The monoisotopic (exact) mass is 537 g/mol. The number of para-hydroxylation sites is 1. The summed E-state index contributed by atoms with van der Waals surface area (Å²) in [6.07, 6.45) is 8.39. The van der Waals surface area contributed by atoms with Crippen LogP contribution in [-0.4, -0.2) is 24.7 Å². The largest absolute Gasteiger partial charge is 0.342 e. The van der Waals surface area contributed by atoms with Gasteiger partial charge in [0.25, 0.3) is 5.91 Å². The Labute approximate surface area is 223 Å². The third kappa shape index (κ3) is 4.89. The first-order valence-electron chi connectivity index (χ1n) is 11.1. The maximum Gasteiger partial charge on any atom is 0.266 e. The summed E-state index contributed by atoms with van der Waals surface area (Å²) in [6.45, 7) is 3.15. The molecule has 1 saturated heterocycles. The van der Waals surface area contributed by atoms with Gasteiger partial charge >= 0.3 is 0 Å². The van der Waals surface area contributed by atoms with Gasteiger partial charge in [0.1, 0.15) is 4.32 Å². The standard InChI is InChI=1S/C27H21Cl2N3OS2/c1-2-18-6-3-7-22-20(16-31(25(18)22)15-19-8-9-21(28)12-23(19)29)11-24-26(33)32(27(34)35-24)14-17-5-4-10-30-13-17/h3-13,16H,2,14-15H2,1H3/b24-11-. The second-order valence-corrected chi connectivity index (χ2v) is 10.8. The highest BCUT2D eigenvalue weighted by molar-refractivity contribution is 8.26. The zero-order valence-electron chi connectivity index (χ0n) is 18.9. The lowest BCUT2D eigenvalue weighted by Gasteiger charge is -2.13. The van der Waals surface area contributed by atoms with Gasteiger partial charge in [-0.2, -0.15) is 0 Å². The van der Waals surface area contributed by atoms with E-state index in [0.29, 0.717) is 32.4 Å². The van der Waals surface area contributed by atoms with Crippen molar-refractivity contribution >= 4 is 74.4 Å². The number of halogens is 2. The highest BCUT2D eigenvalue weighted by atomic mass is 35.5. The first-order valence-corrected chi connectivity index (χ1v) is 13.1. The van der Waals surface area contributed by atoms with E-state index in [9.17, 15) is 4.79 Å². The molecule has 1 aliphatic heterocycles. The van der Waals surface area contributed by atoms with Gasteiger partial charge in [-0.05, 0) is 47.4 Å². The van der Waals surface area contributed by atoms with Gasteiger partial charge < -0.3 is 4.57 Å². The molecule has 5 rings (SSSR count). The molecular formula is C27H21Cl2N3OS2. The minimum Gasteiger partial charge on any atom is -0.342 e. The number of pyridine rings is 1. The first-order chi connectivity index (χ1) is 16.9. The van der Waals surface area contributed by atoms with Gasteiger partial charge in [0, 0.05) is 46.1 Å². The molecule has 0 N–H and O–H groups in total. The van der Waals surface area contributed by atoms with Crippen molar-refractivity contribution in [2.24, 2.45) is 0 Å². The van der Waals surface area contributed by atoms with Crippen LogP contribution < -0.4 is 0 Å². The Kier molecular flexibility index (Phi) is 6.98. The molecule has 35 heavy (non-hydrogen) atoms. The van der Waals surface area contributed by atoms with E-state index in [1.54, 1.807) is 23.4 Å². The van der Waals surface area contributed by atoms with Crippen molar-refractivity contribution in [2.75, 3.05) is 0 Å². The van der Waals surface area contributed by atoms with Gasteiger partial charge in [0.05, 0.1) is 17.0 Å². The number of hydrogen-bond donors (Lipinski definition) is 0. The normalized spacial score (nSPS) is 15.1. The minimum atomic E-state index is -0.0860. The number of hydrogen-bond acceptors (Lipinski definition) is 4. The Morgan fingerprint density at radius 3 is 2.69 bits per heavy atom. The number of amides is 1. The summed E-state index contributed by atoms with van der Waals surface area (Å²) < 4.78 is 2.75. The third-order valence-electron chi connectivity index (χ3n) is 5.97. The molecule has 176 valence electrons. The van der Waals surface area contributed by atoms with Crippen LogP contribution in [-0.2, 0) is 24.3 Å². The molecule has 8 heteroatoms. The van der Waals surface area contributed by atoms with Crippen molar-refractivity contribution in [1.29, 1.82) is 0 Å². The van der Waals surface area contributed by atoms with Gasteiger partial charge in [-0.1, -0.05) is 84.4 Å². The van der Waals surface area contributed by atoms with Crippen LogP contribution in [0.2, 0.25) is 10.0 Å². The highest BCUT2D eigenvalue weighted by Gasteiger charge is 2.32. The van der Waals surface area contributed by atoms with Crippen LogP contribution >= 0.6 is 47.2 Å². The predicted molar refractivity (Wildman–Crippen MR) is 150 cm³/mol. The lowest BCUT2D eigenvalue weighted by Crippen LogP contribution is -2.27. The number of carbonyl (C=O) groups excluding carboxylic acids is 1. The number of aryl methyl sites for hydroxylation is 1. The van der Waals surface area contributed by atoms with Crippen molar-refractivity contribution in [3.63, 3.8) is 0 Å². The van der Waals surface area contributed by atoms with Crippen molar-refractivity contribution in [3.8, 4) is 0 Å². The number of aromatic nitrogens is 2. The van der Waals surface area contributed by atoms with Crippen LogP contribution in [0.3, 0.4) is 0 Å². The van der Waals surface area contributed by atoms with E-state index in [2.05, 4.69) is 40.9 Å². The van der Waals surface area contributed by atoms with E-state index in [1.165, 1.54) is 17.3 Å². The van der Waals surface area contributed by atoms with Crippen molar-refractivity contribution in [1.82, 2.24) is 14.5 Å². The number of nitrogens with zero attached hydrogens (tertiary/aromatic N) is 3. The number of carbonyl (C=O) groups is 1. The number of thiocarbonyl (C=S) groups is 1. The number of rotatable bonds is 6. The van der Waals surface area contributed by atoms with Crippen LogP contribution in [0.25, 0.3) is 17.0 Å². The fourth-order valence-corrected chi connectivity index (χ4v) is 5.99. The Morgan fingerprint density at radius 1 is 1.09 bits per heavy atom. The van der Waals surface area contributed by atoms with E-state index in [1.807, 2.05) is 30.3 Å². The molecule has 1 fully saturated rings. The maximum atomic E-state index is 13.3. The second kappa shape index (κ2) is 10.2. The molecule has 1 amide bonds. The van der Waals surface area contributed by atoms with E-state index < -0.39 is 0 Å². The summed E-state index contributed by atoms with van der Waals surface area (Å²) in [5.41, 5.74) is 5.26. The van der Waals surface area contributed by atoms with Gasteiger partial charge in [-0.15, -0.1) is 0 Å². The molecule has 4 nitrogen and oxygen atoms in total. The third-order valence-corrected chi connectivity index (χ3v) is 7.94. The number of benzene rings is 2. The summed E-state index contributed by atoms with van der Waals surface area (Å²) in [4.78, 5) is 19.6. The molecule has 0 atom stereocenters. The molecular weight excluding hydrogens is 517 g/mol. The van der Waals surface area contributed by atoms with E-state index in [4.69, 9.17) is 35.4 Å². The van der Waals surface area contributed by atoms with Crippen molar-refractivity contribution in [2.45, 2.75) is 26.4 Å². The second-order valence-electron chi connectivity index (χ2n) is 8.24. The van der Waals surface area contributed by atoms with Crippen LogP contribution in [0.5, 0.6) is 0 Å². The number of fused-ring (bicyclic) bond motifs is 1. The fraction of sp³-hybridized carbons (Fsp3) is 0.148. The molecule has 2 aromatic carbocycles. The highest BCUT2D eigenvalue weighted by Crippen LogP contribution is 2.36. The van der Waals surface area contributed by atoms with Crippen LogP contribution in [0.4, 0.5) is 0 Å². The predicted octanol–water partition coefficient (Wildman–Crippen LogP) is 7.36. The van der Waals surface area contributed by atoms with Crippen LogP contribution in [0, 0.1) is 0 Å². The summed E-state index contributed by atoms with van der Waals surface area (Å²) in [5, 5.41) is 2.33. The Morgan fingerprint density at radius 2 is 1.94 bits per heavy atom. The lowest BCUT2D eigenvalue weighted by atomic mass is 10.1. The molecule has 4 aromatic rings. The lowest BCUT2D eigenvalue weighted by molar-refractivity contribution is -0.122. The minimum absolute atomic E-state index is 0.0860. The van der Waals surface area contributed by atoms with Gasteiger partial charge in [-0.25, -0.2) is 0 Å². The Balaban J connectivity index is 1.53. The Hall–Kier alpha value is -2.64. The molecule has 0 aliphatic carbocycles. The average Bonchev–Trinajstić information content (AvgIpc) is 3.33. The molecule has 3 heterocycles. The van der Waals surface area contributed by atoms with Gasteiger partial charge in [-0.3, -0.25) is 14.7 Å².